The zero-order valence-electron chi connectivity index (χ0n) is 16.3. The number of nitrogens with zero attached hydrogens (tertiary/aromatic N) is 2. The lowest BCUT2D eigenvalue weighted by atomic mass is 10.1. The highest BCUT2D eigenvalue weighted by molar-refractivity contribution is 7.18. The van der Waals surface area contributed by atoms with E-state index < -0.39 is 6.61 Å². The number of hydrogen-bond acceptors (Lipinski definition) is 7. The molecule has 160 valence electrons. The number of hydrogen-bond donors (Lipinski definition) is 1. The van der Waals surface area contributed by atoms with E-state index in [9.17, 15) is 13.6 Å². The molecule has 0 fully saturated rings. The highest BCUT2D eigenvalue weighted by atomic mass is 32.1. The fraction of sp³-hybridized carbons (Fsp3) is 0.190. The molecular formula is C21H17F2N3O3S2. The van der Waals surface area contributed by atoms with E-state index in [0.717, 1.165) is 25.7 Å². The molecule has 2 aromatic heterocycles. The minimum atomic E-state index is -2.87. The maximum absolute atomic E-state index is 12.3. The van der Waals surface area contributed by atoms with E-state index in [1.807, 2.05) is 31.2 Å². The summed E-state index contributed by atoms with van der Waals surface area (Å²) in [4.78, 5) is 22.0. The second kappa shape index (κ2) is 9.46. The number of thiazole rings is 2. The summed E-state index contributed by atoms with van der Waals surface area (Å²) in [6.07, 6.45) is 0. The van der Waals surface area contributed by atoms with Crippen molar-refractivity contribution in [3.05, 3.63) is 58.4 Å². The Morgan fingerprint density at radius 3 is 2.61 bits per heavy atom. The van der Waals surface area contributed by atoms with Gasteiger partial charge in [0.2, 0.25) is 0 Å². The Hall–Kier alpha value is -2.95. The zero-order valence-corrected chi connectivity index (χ0v) is 17.9. The molecular weight excluding hydrogens is 444 g/mol. The number of amides is 1. The maximum Gasteiger partial charge on any atom is 0.387 e. The van der Waals surface area contributed by atoms with Crippen LogP contribution >= 0.6 is 22.7 Å². The predicted molar refractivity (Wildman–Crippen MR) is 117 cm³/mol. The van der Waals surface area contributed by atoms with Crippen molar-refractivity contribution in [2.75, 3.05) is 11.9 Å². The van der Waals surface area contributed by atoms with Crippen LogP contribution in [0.3, 0.4) is 0 Å². The Morgan fingerprint density at radius 2 is 1.87 bits per heavy atom. The molecule has 0 radical (unpaired) electrons. The number of aryl methyl sites for hydroxylation is 1. The van der Waals surface area contributed by atoms with Gasteiger partial charge in [0.1, 0.15) is 17.4 Å². The number of rotatable bonds is 8. The van der Waals surface area contributed by atoms with Gasteiger partial charge in [-0.3, -0.25) is 10.1 Å². The molecule has 0 aliphatic rings. The quantitative estimate of drug-likeness (QED) is 0.376. The van der Waals surface area contributed by atoms with E-state index in [-0.39, 0.29) is 24.9 Å². The van der Waals surface area contributed by atoms with Gasteiger partial charge >= 0.3 is 6.61 Å². The summed E-state index contributed by atoms with van der Waals surface area (Å²) in [5.74, 6) is -0.243. The topological polar surface area (TPSA) is 73.3 Å². The summed E-state index contributed by atoms with van der Waals surface area (Å²) in [5.41, 5.74) is 2.32. The van der Waals surface area contributed by atoms with Gasteiger partial charge in [0.05, 0.1) is 22.5 Å². The number of aromatic nitrogens is 2. The standard InChI is InChI=1S/C21H17F2N3O3S2/c1-12-19(13-6-8-14(9-7-13)29-20(22)23)26-21(30-12)25-17(27)10-28-11-18-24-15-4-2-3-5-16(15)31-18/h2-9,20H,10-11H2,1H3,(H,25,26,27). The average Bonchev–Trinajstić information content (AvgIpc) is 3.30. The molecule has 0 unspecified atom stereocenters. The SMILES string of the molecule is Cc1sc(NC(=O)COCc2nc3ccccc3s2)nc1-c1ccc(OC(F)F)cc1. The lowest BCUT2D eigenvalue weighted by Crippen LogP contribution is -2.18. The number of carbonyl (C=O) groups is 1. The monoisotopic (exact) mass is 461 g/mol. The Kier molecular flexibility index (Phi) is 6.50. The van der Waals surface area contributed by atoms with Gasteiger partial charge < -0.3 is 9.47 Å². The number of para-hydroxylation sites is 1. The third kappa shape index (κ3) is 5.40. The van der Waals surface area contributed by atoms with Crippen LogP contribution in [-0.4, -0.2) is 29.1 Å². The number of ether oxygens (including phenoxy) is 2. The number of fused-ring (bicyclic) bond motifs is 1. The molecule has 6 nitrogen and oxygen atoms in total. The normalized spacial score (nSPS) is 11.2. The first kappa shape index (κ1) is 21.3. The van der Waals surface area contributed by atoms with E-state index in [1.54, 1.807) is 12.1 Å². The van der Waals surface area contributed by atoms with Gasteiger partial charge in [0.25, 0.3) is 5.91 Å². The second-order valence-electron chi connectivity index (χ2n) is 6.44. The first-order valence-corrected chi connectivity index (χ1v) is 10.9. The molecule has 0 bridgehead atoms. The predicted octanol–water partition coefficient (Wildman–Crippen LogP) is 5.48. The van der Waals surface area contributed by atoms with Crippen LogP contribution in [0.15, 0.2) is 48.5 Å². The molecule has 0 atom stereocenters. The largest absolute Gasteiger partial charge is 0.435 e. The molecule has 31 heavy (non-hydrogen) atoms. The fourth-order valence-corrected chi connectivity index (χ4v) is 4.64. The van der Waals surface area contributed by atoms with Crippen LogP contribution in [0.4, 0.5) is 13.9 Å². The number of benzene rings is 2. The van der Waals surface area contributed by atoms with Gasteiger partial charge in [-0.2, -0.15) is 8.78 Å². The maximum atomic E-state index is 12.3. The molecule has 4 rings (SSSR count). The van der Waals surface area contributed by atoms with Crippen LogP contribution in [0.5, 0.6) is 5.75 Å². The summed E-state index contributed by atoms with van der Waals surface area (Å²) in [7, 11) is 0. The molecule has 0 spiro atoms. The fourth-order valence-electron chi connectivity index (χ4n) is 2.88. The smallest absolute Gasteiger partial charge is 0.387 e. The highest BCUT2D eigenvalue weighted by Crippen LogP contribution is 2.31. The molecule has 0 saturated carbocycles. The summed E-state index contributed by atoms with van der Waals surface area (Å²) in [6, 6.07) is 14.0. The van der Waals surface area contributed by atoms with E-state index in [4.69, 9.17) is 4.74 Å². The first-order chi connectivity index (χ1) is 15.0. The number of alkyl halides is 2. The Labute approximate surface area is 184 Å². The van der Waals surface area contributed by atoms with Gasteiger partial charge in [0, 0.05) is 10.4 Å². The Morgan fingerprint density at radius 1 is 1.10 bits per heavy atom. The summed E-state index contributed by atoms with van der Waals surface area (Å²) >= 11 is 2.86. The molecule has 4 aromatic rings. The van der Waals surface area contributed by atoms with Crippen molar-refractivity contribution in [3.63, 3.8) is 0 Å². The molecule has 0 saturated heterocycles. The van der Waals surface area contributed by atoms with Crippen LogP contribution in [-0.2, 0) is 16.1 Å². The Bertz CT molecular complexity index is 1160. The van der Waals surface area contributed by atoms with E-state index in [1.165, 1.54) is 34.8 Å². The first-order valence-electron chi connectivity index (χ1n) is 9.22. The van der Waals surface area contributed by atoms with Crippen LogP contribution in [0.2, 0.25) is 0 Å². The summed E-state index contributed by atoms with van der Waals surface area (Å²) < 4.78 is 35.5. The average molecular weight is 462 g/mol. The number of anilines is 1. The Balaban J connectivity index is 1.32. The molecule has 1 amide bonds. The van der Waals surface area contributed by atoms with E-state index in [2.05, 4.69) is 20.0 Å². The number of nitrogens with one attached hydrogen (secondary N) is 1. The van der Waals surface area contributed by atoms with Gasteiger partial charge in [-0.15, -0.1) is 22.7 Å². The summed E-state index contributed by atoms with van der Waals surface area (Å²) in [6.45, 7) is -0.869. The van der Waals surface area contributed by atoms with Crippen molar-refractivity contribution in [3.8, 4) is 17.0 Å². The molecule has 10 heteroatoms. The second-order valence-corrected chi connectivity index (χ2v) is 8.76. The van der Waals surface area contributed by atoms with Crippen LogP contribution < -0.4 is 10.1 Å². The molecule has 0 aliphatic heterocycles. The molecule has 2 heterocycles. The summed E-state index contributed by atoms with van der Waals surface area (Å²) in [5, 5.41) is 3.97. The van der Waals surface area contributed by atoms with Crippen molar-refractivity contribution >= 4 is 43.9 Å². The lowest BCUT2D eigenvalue weighted by molar-refractivity contribution is -0.121. The molecule has 1 N–H and O–H groups in total. The van der Waals surface area contributed by atoms with Crippen LogP contribution in [0.25, 0.3) is 21.5 Å². The number of halogens is 2. The van der Waals surface area contributed by atoms with Crippen molar-refractivity contribution in [2.24, 2.45) is 0 Å². The van der Waals surface area contributed by atoms with Crippen LogP contribution in [0, 0.1) is 6.92 Å². The third-order valence-electron chi connectivity index (χ3n) is 4.19. The number of carbonyl (C=O) groups excluding carboxylic acids is 1. The van der Waals surface area contributed by atoms with Gasteiger partial charge in [-0.1, -0.05) is 12.1 Å². The van der Waals surface area contributed by atoms with E-state index >= 15 is 0 Å². The highest BCUT2D eigenvalue weighted by Gasteiger charge is 2.13. The van der Waals surface area contributed by atoms with Gasteiger partial charge in [-0.25, -0.2) is 9.97 Å². The molecule has 0 aliphatic carbocycles. The van der Waals surface area contributed by atoms with Crippen molar-refractivity contribution in [1.82, 2.24) is 9.97 Å². The lowest BCUT2D eigenvalue weighted by Gasteiger charge is -2.05. The third-order valence-corrected chi connectivity index (χ3v) is 6.09. The zero-order chi connectivity index (χ0) is 21.8. The van der Waals surface area contributed by atoms with Crippen molar-refractivity contribution < 1.29 is 23.0 Å². The van der Waals surface area contributed by atoms with Gasteiger partial charge in [-0.05, 0) is 43.3 Å². The van der Waals surface area contributed by atoms with E-state index in [0.29, 0.717) is 10.8 Å². The minimum absolute atomic E-state index is 0.0745. The van der Waals surface area contributed by atoms with Crippen LogP contribution in [0.1, 0.15) is 9.88 Å². The minimum Gasteiger partial charge on any atom is -0.435 e. The molecule has 2 aromatic carbocycles. The van der Waals surface area contributed by atoms with Crippen molar-refractivity contribution in [1.29, 1.82) is 0 Å². The van der Waals surface area contributed by atoms with Gasteiger partial charge in [0.15, 0.2) is 5.13 Å². The van der Waals surface area contributed by atoms with Crippen molar-refractivity contribution in [2.45, 2.75) is 20.1 Å².